The molecule has 0 radical (unpaired) electrons. The van der Waals surface area contributed by atoms with Crippen molar-refractivity contribution in [2.45, 2.75) is 25.2 Å². The molecule has 1 aliphatic carbocycles. The summed E-state index contributed by atoms with van der Waals surface area (Å²) in [6.07, 6.45) is -3.94. The van der Waals surface area contributed by atoms with Gasteiger partial charge in [-0.15, -0.1) is 0 Å². The van der Waals surface area contributed by atoms with Crippen LogP contribution in [-0.2, 0) is 14.3 Å². The summed E-state index contributed by atoms with van der Waals surface area (Å²) < 4.78 is 10.3. The van der Waals surface area contributed by atoms with Gasteiger partial charge in [0.1, 0.15) is 6.04 Å². The zero-order chi connectivity index (χ0) is 14.4. The Bertz CT molecular complexity index is 613. The van der Waals surface area contributed by atoms with Crippen molar-refractivity contribution in [3.63, 3.8) is 0 Å². The first kappa shape index (κ1) is 12.5. The molecule has 7 heteroatoms. The van der Waals surface area contributed by atoms with Crippen LogP contribution in [0.4, 0.5) is 9.59 Å². The molecule has 1 aromatic carbocycles. The Morgan fingerprint density at radius 3 is 2.55 bits per heavy atom. The Morgan fingerprint density at radius 1 is 1.30 bits per heavy atom. The largest absolute Gasteiger partial charge is 0.465 e. The molecule has 1 aromatic rings. The van der Waals surface area contributed by atoms with Crippen molar-refractivity contribution in [1.29, 1.82) is 0 Å². The lowest BCUT2D eigenvalue weighted by atomic mass is 10.1. The van der Waals surface area contributed by atoms with Gasteiger partial charge in [-0.25, -0.2) is 14.5 Å². The molecule has 2 aliphatic rings. The summed E-state index contributed by atoms with van der Waals surface area (Å²) >= 11 is 0. The molecule has 1 heterocycles. The van der Waals surface area contributed by atoms with E-state index in [9.17, 15) is 14.4 Å². The number of esters is 1. The van der Waals surface area contributed by atoms with Gasteiger partial charge in [-0.1, -0.05) is 24.3 Å². The van der Waals surface area contributed by atoms with Crippen LogP contribution in [0.5, 0.6) is 0 Å². The highest BCUT2D eigenvalue weighted by atomic mass is 16.6. The molecular weight excluding hydrogens is 266 g/mol. The Morgan fingerprint density at radius 2 is 1.95 bits per heavy atom. The predicted molar refractivity (Wildman–Crippen MR) is 63.8 cm³/mol. The molecule has 104 valence electrons. The van der Waals surface area contributed by atoms with Crippen molar-refractivity contribution < 1.29 is 29.0 Å². The number of hydrogen-bond acceptors (Lipinski definition) is 5. The van der Waals surface area contributed by atoms with Gasteiger partial charge in [0.15, 0.2) is 12.2 Å². The van der Waals surface area contributed by atoms with Crippen LogP contribution in [-0.4, -0.2) is 34.3 Å². The molecule has 3 atom stereocenters. The third kappa shape index (κ3) is 1.63. The third-order valence-corrected chi connectivity index (χ3v) is 3.44. The monoisotopic (exact) mass is 277 g/mol. The molecule has 1 fully saturated rings. The van der Waals surface area contributed by atoms with Crippen LogP contribution >= 0.6 is 0 Å². The molecule has 0 aromatic heterocycles. The first-order valence-corrected chi connectivity index (χ1v) is 5.99. The maximum absolute atomic E-state index is 11.7. The maximum Gasteiger partial charge on any atom is 0.420 e. The Labute approximate surface area is 113 Å². The van der Waals surface area contributed by atoms with E-state index >= 15 is 0 Å². The van der Waals surface area contributed by atoms with E-state index < -0.39 is 36.4 Å². The lowest BCUT2D eigenvalue weighted by Gasteiger charge is -2.17. The second-order valence-electron chi connectivity index (χ2n) is 4.60. The molecule has 7 nitrogen and oxygen atoms in total. The van der Waals surface area contributed by atoms with Gasteiger partial charge < -0.3 is 14.6 Å². The quantitative estimate of drug-likeness (QED) is 0.787. The fraction of sp³-hybridized carbons (Fsp3) is 0.308. The zero-order valence-electron chi connectivity index (χ0n) is 10.5. The van der Waals surface area contributed by atoms with E-state index in [-0.39, 0.29) is 0 Å². The molecule has 0 saturated carbocycles. The fourth-order valence-corrected chi connectivity index (χ4v) is 2.76. The number of carboxylic acid groups (broad SMARTS) is 1. The molecule has 1 N–H and O–H groups in total. The lowest BCUT2D eigenvalue weighted by molar-refractivity contribution is -0.151. The number of carbonyl (C=O) groups is 3. The van der Waals surface area contributed by atoms with Crippen molar-refractivity contribution >= 4 is 18.2 Å². The summed E-state index contributed by atoms with van der Waals surface area (Å²) in [5.74, 6) is -0.518. The number of ether oxygens (including phenoxy) is 2. The van der Waals surface area contributed by atoms with E-state index in [1.165, 1.54) is 6.92 Å². The first-order chi connectivity index (χ1) is 9.50. The Balaban J connectivity index is 2.08. The normalized spacial score (nSPS) is 26.8. The highest BCUT2D eigenvalue weighted by Crippen LogP contribution is 2.49. The van der Waals surface area contributed by atoms with Crippen molar-refractivity contribution in [3.05, 3.63) is 35.4 Å². The summed E-state index contributed by atoms with van der Waals surface area (Å²) in [5, 5.41) is 9.14. The molecule has 3 rings (SSSR count). The zero-order valence-corrected chi connectivity index (χ0v) is 10.5. The molecular formula is C13H11NO6. The van der Waals surface area contributed by atoms with E-state index in [1.807, 2.05) is 0 Å². The van der Waals surface area contributed by atoms with E-state index in [0.29, 0.717) is 16.0 Å². The van der Waals surface area contributed by atoms with Gasteiger partial charge in [-0.2, -0.15) is 0 Å². The summed E-state index contributed by atoms with van der Waals surface area (Å²) in [5.41, 5.74) is 1.29. The van der Waals surface area contributed by atoms with Crippen molar-refractivity contribution in [1.82, 2.24) is 4.90 Å². The highest BCUT2D eigenvalue weighted by molar-refractivity contribution is 5.89. The number of carbonyl (C=O) groups excluding carboxylic acids is 2. The number of benzene rings is 1. The van der Waals surface area contributed by atoms with Gasteiger partial charge in [0.2, 0.25) is 0 Å². The second-order valence-corrected chi connectivity index (χ2v) is 4.60. The van der Waals surface area contributed by atoms with Crippen molar-refractivity contribution in [2.75, 3.05) is 0 Å². The van der Waals surface area contributed by atoms with Crippen LogP contribution < -0.4 is 0 Å². The second kappa shape index (κ2) is 4.22. The number of fused-ring (bicyclic) bond motifs is 3. The minimum Gasteiger partial charge on any atom is -0.465 e. The minimum atomic E-state index is -1.39. The van der Waals surface area contributed by atoms with Crippen molar-refractivity contribution in [3.8, 4) is 0 Å². The highest BCUT2D eigenvalue weighted by Gasteiger charge is 2.56. The predicted octanol–water partition coefficient (Wildman–Crippen LogP) is 1.84. The first-order valence-electron chi connectivity index (χ1n) is 5.99. The van der Waals surface area contributed by atoms with E-state index in [2.05, 4.69) is 0 Å². The fourth-order valence-electron chi connectivity index (χ4n) is 2.76. The smallest absolute Gasteiger partial charge is 0.420 e. The van der Waals surface area contributed by atoms with Gasteiger partial charge in [0.25, 0.3) is 0 Å². The topological polar surface area (TPSA) is 93.1 Å². The minimum absolute atomic E-state index is 0.518. The molecule has 20 heavy (non-hydrogen) atoms. The Hall–Kier alpha value is -2.57. The summed E-state index contributed by atoms with van der Waals surface area (Å²) in [7, 11) is 0. The summed E-state index contributed by atoms with van der Waals surface area (Å²) in [6.45, 7) is 1.25. The van der Waals surface area contributed by atoms with Crippen LogP contribution in [0.25, 0.3) is 0 Å². The molecule has 1 unspecified atom stereocenters. The van der Waals surface area contributed by atoms with E-state index in [1.54, 1.807) is 24.3 Å². The van der Waals surface area contributed by atoms with Gasteiger partial charge in [-0.3, -0.25) is 4.79 Å². The third-order valence-electron chi connectivity index (χ3n) is 3.44. The molecule has 0 bridgehead atoms. The lowest BCUT2D eigenvalue weighted by Crippen LogP contribution is -2.33. The molecule has 1 aliphatic heterocycles. The standard InChI is InChI=1S/C13H11NO6/c1-6(15)19-10-8-5-3-2-4-7(8)9-11(10)20-13(18)14(9)12(16)17/h2-5,9-11H,1H3,(H,16,17)/t9-,10?,11-/m1/s1. The number of nitrogens with zero attached hydrogens (tertiary/aromatic N) is 1. The van der Waals surface area contributed by atoms with Crippen LogP contribution in [0.3, 0.4) is 0 Å². The van der Waals surface area contributed by atoms with Gasteiger partial charge in [-0.05, 0) is 5.56 Å². The number of rotatable bonds is 1. The average Bonchev–Trinajstić information content (AvgIpc) is 2.85. The van der Waals surface area contributed by atoms with Gasteiger partial charge in [0.05, 0.1) is 0 Å². The van der Waals surface area contributed by atoms with Gasteiger partial charge in [0, 0.05) is 12.5 Å². The van der Waals surface area contributed by atoms with Crippen LogP contribution in [0.2, 0.25) is 0 Å². The summed E-state index contributed by atoms with van der Waals surface area (Å²) in [4.78, 5) is 34.7. The van der Waals surface area contributed by atoms with Crippen LogP contribution in [0.15, 0.2) is 24.3 Å². The molecule has 1 saturated heterocycles. The SMILES string of the molecule is CC(=O)OC1c2ccccc2[C@@H]2[C@H]1OC(=O)N2C(=O)O. The van der Waals surface area contributed by atoms with E-state index in [0.717, 1.165) is 0 Å². The van der Waals surface area contributed by atoms with Crippen LogP contribution in [0.1, 0.15) is 30.2 Å². The number of hydrogen-bond donors (Lipinski definition) is 1. The van der Waals surface area contributed by atoms with Crippen molar-refractivity contribution in [2.24, 2.45) is 0 Å². The maximum atomic E-state index is 11.7. The van der Waals surface area contributed by atoms with Gasteiger partial charge >= 0.3 is 18.2 Å². The Kier molecular flexibility index (Phi) is 2.63. The number of amides is 2. The summed E-state index contributed by atoms with van der Waals surface area (Å²) in [6, 6.07) is 6.14. The van der Waals surface area contributed by atoms with E-state index in [4.69, 9.17) is 14.6 Å². The number of imide groups is 1. The molecule has 2 amide bonds. The van der Waals surface area contributed by atoms with Crippen LogP contribution in [0, 0.1) is 0 Å². The average molecular weight is 277 g/mol. The molecule has 0 spiro atoms.